The molecule has 1 aliphatic rings. The highest BCUT2D eigenvalue weighted by Gasteiger charge is 2.31. The monoisotopic (exact) mass is 254 g/mol. The van der Waals surface area contributed by atoms with Gasteiger partial charge in [-0.3, -0.25) is 4.79 Å². The van der Waals surface area contributed by atoms with Crippen LogP contribution in [0.1, 0.15) is 15.9 Å². The van der Waals surface area contributed by atoms with Crippen LogP contribution in [0.3, 0.4) is 0 Å². The normalized spacial score (nSPS) is 23.1. The summed E-state index contributed by atoms with van der Waals surface area (Å²) in [5.74, 6) is 1.03. The summed E-state index contributed by atoms with van der Waals surface area (Å²) < 4.78 is 22.4. The Balaban J connectivity index is 2.57. The summed E-state index contributed by atoms with van der Waals surface area (Å²) in [4.78, 5) is 11.9. The smallest absolute Gasteiger partial charge is 0.170 e. The minimum atomic E-state index is -2.37. The number of methoxy groups -OCH3 is 2. The van der Waals surface area contributed by atoms with Crippen molar-refractivity contribution in [2.75, 3.05) is 27.0 Å². The molecule has 5 heteroatoms. The third-order valence-electron chi connectivity index (χ3n) is 2.89. The summed E-state index contributed by atoms with van der Waals surface area (Å²) in [6.07, 6.45) is 0.601. The summed E-state index contributed by atoms with van der Waals surface area (Å²) in [5, 5.41) is 0. The van der Waals surface area contributed by atoms with Crippen LogP contribution in [0.15, 0.2) is 12.1 Å². The van der Waals surface area contributed by atoms with Crippen LogP contribution >= 0.6 is 7.14 Å². The van der Waals surface area contributed by atoms with Gasteiger partial charge in [-0.25, -0.2) is 0 Å². The van der Waals surface area contributed by atoms with Gasteiger partial charge in [0.15, 0.2) is 17.3 Å². The molecule has 1 aromatic rings. The molecule has 2 rings (SSSR count). The molecule has 0 saturated heterocycles. The van der Waals surface area contributed by atoms with Gasteiger partial charge in [0, 0.05) is 11.7 Å². The SMILES string of the molecule is COc1cc2c(cc1OC)C(=O)CP(C)(=O)C2. The number of carbonyl (C=O) groups excluding carboxylic acids is 1. The minimum Gasteiger partial charge on any atom is -0.493 e. The zero-order valence-corrected chi connectivity index (χ0v) is 11.0. The minimum absolute atomic E-state index is 0.0713. The Bertz CT molecular complexity index is 521. The molecule has 1 atom stereocenters. The lowest BCUT2D eigenvalue weighted by Crippen LogP contribution is -2.16. The molecular weight excluding hydrogens is 239 g/mol. The third-order valence-corrected chi connectivity index (χ3v) is 4.86. The molecule has 0 bridgehead atoms. The van der Waals surface area contributed by atoms with Gasteiger partial charge in [-0.2, -0.15) is 0 Å². The first-order valence-corrected chi connectivity index (χ1v) is 7.83. The maximum Gasteiger partial charge on any atom is 0.170 e. The standard InChI is InChI=1S/C12H15O4P/c1-15-11-4-8-6-17(3,14)7-10(13)9(8)5-12(11)16-2/h4-5H,6-7H2,1-3H3. The quantitative estimate of drug-likeness (QED) is 0.760. The number of hydrogen-bond acceptors (Lipinski definition) is 4. The van der Waals surface area contributed by atoms with Crippen LogP contribution in [0.2, 0.25) is 0 Å². The second kappa shape index (κ2) is 4.19. The van der Waals surface area contributed by atoms with Crippen molar-refractivity contribution < 1.29 is 18.8 Å². The molecule has 17 heavy (non-hydrogen) atoms. The van der Waals surface area contributed by atoms with Gasteiger partial charge in [-0.15, -0.1) is 0 Å². The predicted molar refractivity (Wildman–Crippen MR) is 66.0 cm³/mol. The van der Waals surface area contributed by atoms with E-state index in [1.807, 2.05) is 0 Å². The average molecular weight is 254 g/mol. The number of carbonyl (C=O) groups is 1. The largest absolute Gasteiger partial charge is 0.493 e. The van der Waals surface area contributed by atoms with E-state index in [2.05, 4.69) is 0 Å². The van der Waals surface area contributed by atoms with E-state index in [4.69, 9.17) is 9.47 Å². The van der Waals surface area contributed by atoms with Crippen molar-refractivity contribution in [3.05, 3.63) is 23.3 Å². The van der Waals surface area contributed by atoms with Crippen molar-refractivity contribution in [2.45, 2.75) is 6.16 Å². The lowest BCUT2D eigenvalue weighted by atomic mass is 10.0. The van der Waals surface area contributed by atoms with Gasteiger partial charge in [0.1, 0.15) is 0 Å². The fourth-order valence-corrected chi connectivity index (χ4v) is 3.99. The Morgan fingerprint density at radius 2 is 1.71 bits per heavy atom. The number of fused-ring (bicyclic) bond motifs is 1. The lowest BCUT2D eigenvalue weighted by molar-refractivity contribution is 0.101. The third kappa shape index (κ3) is 2.22. The Kier molecular flexibility index (Phi) is 3.00. The molecule has 0 aromatic heterocycles. The van der Waals surface area contributed by atoms with Crippen molar-refractivity contribution in [1.29, 1.82) is 0 Å². The second-order valence-electron chi connectivity index (χ2n) is 4.40. The zero-order valence-electron chi connectivity index (χ0n) is 10.1. The average Bonchev–Trinajstić information content (AvgIpc) is 2.26. The van der Waals surface area contributed by atoms with Crippen molar-refractivity contribution in [2.24, 2.45) is 0 Å². The van der Waals surface area contributed by atoms with Crippen LogP contribution in [0.5, 0.6) is 11.5 Å². The molecule has 0 fully saturated rings. The van der Waals surface area contributed by atoms with Crippen LogP contribution in [0.25, 0.3) is 0 Å². The van der Waals surface area contributed by atoms with E-state index in [1.165, 1.54) is 7.11 Å². The first-order chi connectivity index (χ1) is 7.96. The molecule has 4 nitrogen and oxygen atoms in total. The zero-order chi connectivity index (χ0) is 12.6. The van der Waals surface area contributed by atoms with E-state index in [0.717, 1.165) is 5.56 Å². The second-order valence-corrected chi connectivity index (χ2v) is 7.63. The molecule has 0 aliphatic carbocycles. The van der Waals surface area contributed by atoms with Crippen molar-refractivity contribution >= 4 is 12.9 Å². The first kappa shape index (κ1) is 12.2. The fraction of sp³-hybridized carbons (Fsp3) is 0.417. The summed E-state index contributed by atoms with van der Waals surface area (Å²) in [6, 6.07) is 3.43. The molecule has 0 amide bonds. The lowest BCUT2D eigenvalue weighted by Gasteiger charge is -2.22. The van der Waals surface area contributed by atoms with Crippen molar-refractivity contribution in [1.82, 2.24) is 0 Å². The molecule has 0 radical (unpaired) electrons. The van der Waals surface area contributed by atoms with E-state index < -0.39 is 7.14 Å². The van der Waals surface area contributed by atoms with Crippen LogP contribution in [-0.2, 0) is 10.7 Å². The van der Waals surface area contributed by atoms with E-state index in [0.29, 0.717) is 23.2 Å². The highest BCUT2D eigenvalue weighted by Crippen LogP contribution is 2.50. The summed E-state index contributed by atoms with van der Waals surface area (Å²) >= 11 is 0. The molecular formula is C12H15O4P. The van der Waals surface area contributed by atoms with Gasteiger partial charge in [0.25, 0.3) is 0 Å². The van der Waals surface area contributed by atoms with Crippen molar-refractivity contribution in [3.63, 3.8) is 0 Å². The Hall–Kier alpha value is -1.28. The van der Waals surface area contributed by atoms with Crippen LogP contribution in [0.4, 0.5) is 0 Å². The number of benzene rings is 1. The molecule has 0 N–H and O–H groups in total. The fourth-order valence-electron chi connectivity index (χ4n) is 2.12. The van der Waals surface area contributed by atoms with E-state index >= 15 is 0 Å². The van der Waals surface area contributed by atoms with Gasteiger partial charge >= 0.3 is 0 Å². The van der Waals surface area contributed by atoms with E-state index in [9.17, 15) is 9.36 Å². The highest BCUT2D eigenvalue weighted by molar-refractivity contribution is 7.63. The van der Waals surface area contributed by atoms with Crippen LogP contribution in [0, 0.1) is 0 Å². The maximum atomic E-state index is 12.1. The van der Waals surface area contributed by atoms with Gasteiger partial charge in [-0.05, 0) is 24.4 Å². The molecule has 92 valence electrons. The number of ether oxygens (including phenoxy) is 2. The van der Waals surface area contributed by atoms with Crippen LogP contribution in [-0.4, -0.2) is 32.8 Å². The maximum absolute atomic E-state index is 12.1. The highest BCUT2D eigenvalue weighted by atomic mass is 31.2. The molecule has 1 unspecified atom stereocenters. The Morgan fingerprint density at radius 3 is 2.29 bits per heavy atom. The van der Waals surface area contributed by atoms with Gasteiger partial charge in [0.2, 0.25) is 0 Å². The summed E-state index contributed by atoms with van der Waals surface area (Å²) in [6.45, 7) is 1.67. The molecule has 1 aromatic carbocycles. The van der Waals surface area contributed by atoms with E-state index in [1.54, 1.807) is 25.9 Å². The number of ketones is 1. The summed E-state index contributed by atoms with van der Waals surface area (Å²) in [5.41, 5.74) is 1.40. The van der Waals surface area contributed by atoms with E-state index in [-0.39, 0.29) is 11.9 Å². The topological polar surface area (TPSA) is 52.6 Å². The van der Waals surface area contributed by atoms with Gasteiger partial charge in [-0.1, -0.05) is 0 Å². The predicted octanol–water partition coefficient (Wildman–Crippen LogP) is 2.39. The Labute approximate surface area is 100 Å². The number of rotatable bonds is 2. The molecule has 1 aliphatic heterocycles. The van der Waals surface area contributed by atoms with Crippen molar-refractivity contribution in [3.8, 4) is 11.5 Å². The number of hydrogen-bond donors (Lipinski definition) is 0. The van der Waals surface area contributed by atoms with Gasteiger partial charge in [0.05, 0.1) is 27.5 Å². The van der Waals surface area contributed by atoms with Crippen LogP contribution < -0.4 is 9.47 Å². The molecule has 0 saturated carbocycles. The molecule has 0 spiro atoms. The first-order valence-electron chi connectivity index (χ1n) is 5.30. The summed E-state index contributed by atoms with van der Waals surface area (Å²) in [7, 11) is 0.697. The van der Waals surface area contributed by atoms with Gasteiger partial charge < -0.3 is 14.0 Å². The molecule has 1 heterocycles. The Morgan fingerprint density at radius 1 is 1.12 bits per heavy atom. The number of Topliss-reactive ketones (excluding diaryl/α,β-unsaturated/α-hetero) is 1.